The Bertz CT molecular complexity index is 146. The van der Waals surface area contributed by atoms with E-state index in [4.69, 9.17) is 10.5 Å². The third kappa shape index (κ3) is 53.7. The standard InChI is InChI=1S/2C4H9.2CHNS.Sn/c2*1-3-4-2;2*2-1-3;/h2*1,3-4H2,2H3;2*3H;. The Morgan fingerprint density at radius 2 is 1.20 bits per heavy atom. The maximum Gasteiger partial charge on any atom is 0.130 e. The van der Waals surface area contributed by atoms with Gasteiger partial charge in [-0.05, 0) is 0 Å². The predicted molar refractivity (Wildman–Crippen MR) is 74.4 cm³/mol. The second-order valence-corrected chi connectivity index (χ2v) is 7.34. The van der Waals surface area contributed by atoms with E-state index in [0.29, 0.717) is 0 Å². The van der Waals surface area contributed by atoms with E-state index < -0.39 is 0 Å². The molecule has 0 aliphatic carbocycles. The van der Waals surface area contributed by atoms with Crippen molar-refractivity contribution in [2.24, 2.45) is 0 Å². The van der Waals surface area contributed by atoms with Crippen LogP contribution in [0.1, 0.15) is 39.5 Å². The van der Waals surface area contributed by atoms with Crippen LogP contribution < -0.4 is 0 Å². The molecule has 0 N–H and O–H groups in total. The number of hydrogen-bond acceptors (Lipinski definition) is 4. The van der Waals surface area contributed by atoms with Gasteiger partial charge in [-0.1, -0.05) is 25.3 Å². The second-order valence-electron chi connectivity index (χ2n) is 2.66. The van der Waals surface area contributed by atoms with Crippen molar-refractivity contribution in [1.82, 2.24) is 0 Å². The molecule has 0 rings (SSSR count). The van der Waals surface area contributed by atoms with Crippen LogP contribution in [0.2, 0.25) is 8.87 Å². The molecule has 0 aromatic heterocycles. The Morgan fingerprint density at radius 3 is 1.40 bits per heavy atom. The maximum atomic E-state index is 7.18. The molecule has 86 valence electrons. The summed E-state index contributed by atoms with van der Waals surface area (Å²) in [5.74, 6) is 0. The van der Waals surface area contributed by atoms with Gasteiger partial charge in [0, 0.05) is 0 Å². The molecule has 2 radical (unpaired) electrons. The molecule has 0 fully saturated rings. The Hall–Kier alpha value is 0.479. The monoisotopic (exact) mass is 352 g/mol. The van der Waals surface area contributed by atoms with Crippen LogP contribution in [0.3, 0.4) is 0 Å². The number of unbranched alkanes of at least 4 members (excludes halogenated alkanes) is 2. The second kappa shape index (κ2) is 29.3. The first-order valence-electron chi connectivity index (χ1n) is 5.02. The molecular weight excluding hydrogens is 331 g/mol. The van der Waals surface area contributed by atoms with Crippen molar-refractivity contribution in [2.45, 2.75) is 48.4 Å². The van der Waals surface area contributed by atoms with Gasteiger partial charge in [0.1, 0.15) is 10.8 Å². The molecule has 0 aromatic rings. The summed E-state index contributed by atoms with van der Waals surface area (Å²) in [6.07, 6.45) is 5.84. The molecule has 15 heavy (non-hydrogen) atoms. The largest absolute Gasteiger partial charge is 0.185 e. The SMILES string of the molecule is CCC[CH2][Sn][CH2]CCC.N#CS.N#CS. The molecule has 0 saturated carbocycles. The molecule has 0 aliphatic rings. The van der Waals surface area contributed by atoms with E-state index in [1.807, 2.05) is 0 Å². The molecular formula is C10H20N2S2Sn. The van der Waals surface area contributed by atoms with Crippen molar-refractivity contribution in [3.63, 3.8) is 0 Å². The van der Waals surface area contributed by atoms with E-state index in [1.165, 1.54) is 36.5 Å². The number of hydrogen-bond donors (Lipinski definition) is 2. The molecule has 0 saturated heterocycles. The van der Waals surface area contributed by atoms with Gasteiger partial charge in [0.05, 0.1) is 0 Å². The fourth-order valence-corrected chi connectivity index (χ4v) is 4.89. The molecule has 2 nitrogen and oxygen atoms in total. The normalized spacial score (nSPS) is 7.07. The summed E-state index contributed by atoms with van der Waals surface area (Å²) < 4.78 is 3.25. The molecule has 0 aromatic carbocycles. The number of thiocyanates is 2. The minimum Gasteiger partial charge on any atom is -0.185 e. The third-order valence-electron chi connectivity index (χ3n) is 1.41. The first-order chi connectivity index (χ1) is 7.24. The van der Waals surface area contributed by atoms with Crippen LogP contribution >= 0.6 is 25.3 Å². The number of rotatable bonds is 6. The molecule has 0 heterocycles. The van der Waals surface area contributed by atoms with E-state index in [2.05, 4.69) is 39.1 Å². The summed E-state index contributed by atoms with van der Waals surface area (Å²) in [5.41, 5.74) is 0. The topological polar surface area (TPSA) is 47.6 Å². The minimum absolute atomic E-state index is 0.149. The van der Waals surface area contributed by atoms with Crippen molar-refractivity contribution in [2.75, 3.05) is 0 Å². The van der Waals surface area contributed by atoms with Crippen LogP contribution in [-0.2, 0) is 0 Å². The van der Waals surface area contributed by atoms with Gasteiger partial charge in [-0.15, -0.1) is 0 Å². The van der Waals surface area contributed by atoms with Gasteiger partial charge in [0.2, 0.25) is 0 Å². The first kappa shape index (κ1) is 20.8. The molecule has 0 unspecified atom stereocenters. The minimum atomic E-state index is 0.149. The number of thiol groups is 2. The van der Waals surface area contributed by atoms with Gasteiger partial charge in [-0.3, -0.25) is 0 Å². The van der Waals surface area contributed by atoms with Gasteiger partial charge in [0.25, 0.3) is 0 Å². The summed E-state index contributed by atoms with van der Waals surface area (Å²) in [4.78, 5) is 0. The summed E-state index contributed by atoms with van der Waals surface area (Å²) in [7, 11) is 0. The smallest absolute Gasteiger partial charge is 0.130 e. The Morgan fingerprint density at radius 1 is 0.933 bits per heavy atom. The average molecular weight is 351 g/mol. The number of nitriles is 2. The van der Waals surface area contributed by atoms with Crippen LogP contribution in [0.25, 0.3) is 0 Å². The van der Waals surface area contributed by atoms with Crippen LogP contribution in [0, 0.1) is 21.3 Å². The zero-order valence-electron chi connectivity index (χ0n) is 9.53. The molecule has 5 heteroatoms. The first-order valence-corrected chi connectivity index (χ1v) is 9.95. The van der Waals surface area contributed by atoms with Gasteiger partial charge in [0.15, 0.2) is 0 Å². The average Bonchev–Trinajstić information content (AvgIpc) is 2.20. The van der Waals surface area contributed by atoms with Gasteiger partial charge in [-0.25, -0.2) is 0 Å². The van der Waals surface area contributed by atoms with Crippen molar-refractivity contribution in [3.05, 3.63) is 0 Å². The van der Waals surface area contributed by atoms with Crippen molar-refractivity contribution < 1.29 is 0 Å². The third-order valence-corrected chi connectivity index (χ3v) is 5.45. The van der Waals surface area contributed by atoms with Crippen LogP contribution in [-0.4, -0.2) is 21.1 Å². The van der Waals surface area contributed by atoms with Crippen LogP contribution in [0.5, 0.6) is 0 Å². The Kier molecular flexibility index (Phi) is 40.7. The van der Waals surface area contributed by atoms with E-state index in [0.717, 1.165) is 0 Å². The summed E-state index contributed by atoms with van der Waals surface area (Å²) in [6.45, 7) is 4.58. The van der Waals surface area contributed by atoms with Gasteiger partial charge >= 0.3 is 69.5 Å². The van der Waals surface area contributed by atoms with E-state index in [1.54, 1.807) is 8.87 Å². The Labute approximate surface area is 115 Å². The van der Waals surface area contributed by atoms with E-state index in [-0.39, 0.29) is 21.1 Å². The quantitative estimate of drug-likeness (QED) is 0.330. The van der Waals surface area contributed by atoms with Crippen molar-refractivity contribution >= 4 is 46.4 Å². The zero-order valence-corrected chi connectivity index (χ0v) is 14.2. The van der Waals surface area contributed by atoms with Crippen LogP contribution in [0.4, 0.5) is 0 Å². The van der Waals surface area contributed by atoms with Gasteiger partial charge < -0.3 is 0 Å². The molecule has 0 atom stereocenters. The van der Waals surface area contributed by atoms with E-state index >= 15 is 0 Å². The fraction of sp³-hybridized carbons (Fsp3) is 0.800. The van der Waals surface area contributed by atoms with Crippen molar-refractivity contribution in [1.29, 1.82) is 10.5 Å². The fourth-order valence-electron chi connectivity index (χ4n) is 0.729. The van der Waals surface area contributed by atoms with E-state index in [9.17, 15) is 0 Å². The van der Waals surface area contributed by atoms with Crippen LogP contribution in [0.15, 0.2) is 0 Å². The zero-order chi connectivity index (χ0) is 12.4. The molecule has 0 bridgehead atoms. The summed E-state index contributed by atoms with van der Waals surface area (Å²) in [6, 6.07) is 0. The van der Waals surface area contributed by atoms with Gasteiger partial charge in [-0.2, -0.15) is 10.5 Å². The summed E-state index contributed by atoms with van der Waals surface area (Å²) >= 11 is 6.34. The van der Waals surface area contributed by atoms with Crippen molar-refractivity contribution in [3.8, 4) is 10.8 Å². The predicted octanol–water partition coefficient (Wildman–Crippen LogP) is 3.92. The number of nitrogens with zero attached hydrogens (tertiary/aromatic N) is 2. The molecule has 0 aliphatic heterocycles. The summed E-state index contributed by atoms with van der Waals surface area (Å²) in [5, 5.41) is 17.3. The molecule has 0 amide bonds. The Balaban J connectivity index is -0.000000200. The molecule has 0 spiro atoms. The maximum absolute atomic E-state index is 7.18.